The third-order valence-electron chi connectivity index (χ3n) is 4.84. The molecule has 0 aliphatic carbocycles. The first-order valence-corrected chi connectivity index (χ1v) is 9.29. The van der Waals surface area contributed by atoms with Crippen LogP contribution in [0, 0.1) is 0 Å². The highest BCUT2D eigenvalue weighted by Gasteiger charge is 2.21. The number of fused-ring (bicyclic) bond motifs is 1. The first-order valence-electron chi connectivity index (χ1n) is 9.29. The summed E-state index contributed by atoms with van der Waals surface area (Å²) in [5, 5.41) is 7.75. The number of likely N-dealkylation sites (tertiary alicyclic amines) is 1. The number of nitrogens with one attached hydrogen (secondary N) is 1. The number of nitrogens with zero attached hydrogens (tertiary/aromatic N) is 4. The zero-order valence-electron chi connectivity index (χ0n) is 15.8. The minimum atomic E-state index is -0.0572. The van der Waals surface area contributed by atoms with Crippen LogP contribution in [0.2, 0.25) is 0 Å². The zero-order valence-corrected chi connectivity index (χ0v) is 15.8. The Labute approximate surface area is 149 Å². The van der Waals surface area contributed by atoms with Crippen molar-refractivity contribution in [2.45, 2.75) is 52.4 Å². The summed E-state index contributed by atoms with van der Waals surface area (Å²) in [5.41, 5.74) is 3.28. The molecule has 0 aromatic carbocycles. The van der Waals surface area contributed by atoms with Crippen LogP contribution in [0.5, 0.6) is 0 Å². The van der Waals surface area contributed by atoms with E-state index in [4.69, 9.17) is 5.10 Å². The molecule has 0 spiro atoms. The molecule has 1 aliphatic rings. The summed E-state index contributed by atoms with van der Waals surface area (Å²) < 4.78 is 1.83. The van der Waals surface area contributed by atoms with E-state index < -0.39 is 0 Å². The van der Waals surface area contributed by atoms with E-state index in [-0.39, 0.29) is 11.3 Å². The molecular formula is C19H29N5O. The Bertz CT molecular complexity index is 753. The van der Waals surface area contributed by atoms with Gasteiger partial charge in [-0.15, -0.1) is 0 Å². The number of carbonyl (C=O) groups excluding carboxylic acids is 1. The van der Waals surface area contributed by atoms with Gasteiger partial charge >= 0.3 is 0 Å². The second-order valence-electron chi connectivity index (χ2n) is 7.83. The van der Waals surface area contributed by atoms with Crippen LogP contribution in [-0.4, -0.2) is 51.6 Å². The van der Waals surface area contributed by atoms with Crippen molar-refractivity contribution in [3.8, 4) is 0 Å². The predicted molar refractivity (Wildman–Crippen MR) is 99.1 cm³/mol. The summed E-state index contributed by atoms with van der Waals surface area (Å²) in [4.78, 5) is 19.5. The Morgan fingerprint density at radius 3 is 2.64 bits per heavy atom. The van der Waals surface area contributed by atoms with Gasteiger partial charge in [-0.05, 0) is 32.4 Å². The molecule has 2 aromatic heterocycles. The van der Waals surface area contributed by atoms with Gasteiger partial charge in [0.1, 0.15) is 0 Å². The zero-order chi connectivity index (χ0) is 18.0. The van der Waals surface area contributed by atoms with Crippen molar-refractivity contribution in [1.82, 2.24) is 24.8 Å². The van der Waals surface area contributed by atoms with E-state index in [0.717, 1.165) is 43.1 Å². The lowest BCUT2D eigenvalue weighted by Gasteiger charge is -2.15. The van der Waals surface area contributed by atoms with Crippen molar-refractivity contribution in [1.29, 1.82) is 0 Å². The standard InChI is InChI=1S/C19H29N5O/c1-5-15-14(18(25)20-8-11-23-9-6-7-10-23)13-21-17-12-16(19(2,3)4)22-24(15)17/h12-13H,5-11H2,1-4H3,(H,20,25). The number of amides is 1. The molecule has 1 saturated heterocycles. The third kappa shape index (κ3) is 3.84. The second-order valence-corrected chi connectivity index (χ2v) is 7.83. The largest absolute Gasteiger partial charge is 0.351 e. The fourth-order valence-corrected chi connectivity index (χ4v) is 3.31. The number of aryl methyl sites for hydroxylation is 1. The minimum absolute atomic E-state index is 0.0448. The molecule has 6 heteroatoms. The van der Waals surface area contributed by atoms with Gasteiger partial charge in [-0.25, -0.2) is 9.50 Å². The lowest BCUT2D eigenvalue weighted by molar-refractivity contribution is 0.0947. The van der Waals surface area contributed by atoms with Crippen LogP contribution >= 0.6 is 0 Å². The fourth-order valence-electron chi connectivity index (χ4n) is 3.31. The molecule has 1 amide bonds. The van der Waals surface area contributed by atoms with Crippen molar-refractivity contribution >= 4 is 11.6 Å². The molecule has 6 nitrogen and oxygen atoms in total. The molecule has 0 bridgehead atoms. The normalized spacial score (nSPS) is 15.8. The Morgan fingerprint density at radius 1 is 1.28 bits per heavy atom. The van der Waals surface area contributed by atoms with Crippen LogP contribution in [0.3, 0.4) is 0 Å². The molecular weight excluding hydrogens is 314 g/mol. The number of rotatable bonds is 5. The van der Waals surface area contributed by atoms with Crippen LogP contribution in [0.15, 0.2) is 12.3 Å². The van der Waals surface area contributed by atoms with Gasteiger partial charge in [-0.2, -0.15) is 5.10 Å². The Hall–Kier alpha value is -1.95. The van der Waals surface area contributed by atoms with Gasteiger partial charge in [-0.1, -0.05) is 27.7 Å². The summed E-state index contributed by atoms with van der Waals surface area (Å²) in [7, 11) is 0. The van der Waals surface area contributed by atoms with Crippen molar-refractivity contribution in [3.05, 3.63) is 29.2 Å². The van der Waals surface area contributed by atoms with Gasteiger partial charge < -0.3 is 10.2 Å². The molecule has 3 heterocycles. The summed E-state index contributed by atoms with van der Waals surface area (Å²) in [6.45, 7) is 12.3. The maximum Gasteiger partial charge on any atom is 0.254 e. The first-order chi connectivity index (χ1) is 11.9. The smallest absolute Gasteiger partial charge is 0.254 e. The van der Waals surface area contributed by atoms with E-state index in [1.807, 2.05) is 17.5 Å². The average Bonchev–Trinajstić information content (AvgIpc) is 3.22. The SMILES string of the molecule is CCc1c(C(=O)NCCN2CCCC2)cnc2cc(C(C)(C)C)nn12. The highest BCUT2D eigenvalue weighted by atomic mass is 16.1. The minimum Gasteiger partial charge on any atom is -0.351 e. The van der Waals surface area contributed by atoms with Gasteiger partial charge in [0.15, 0.2) is 5.65 Å². The topological polar surface area (TPSA) is 62.5 Å². The van der Waals surface area contributed by atoms with E-state index in [1.165, 1.54) is 12.8 Å². The van der Waals surface area contributed by atoms with E-state index in [2.05, 4.69) is 36.0 Å². The van der Waals surface area contributed by atoms with Crippen molar-refractivity contribution in [2.75, 3.05) is 26.2 Å². The molecule has 136 valence electrons. The number of hydrogen-bond acceptors (Lipinski definition) is 4. The Morgan fingerprint density at radius 2 is 2.00 bits per heavy atom. The van der Waals surface area contributed by atoms with Crippen LogP contribution in [-0.2, 0) is 11.8 Å². The highest BCUT2D eigenvalue weighted by Crippen LogP contribution is 2.23. The lowest BCUT2D eigenvalue weighted by Crippen LogP contribution is -2.34. The molecule has 0 radical (unpaired) electrons. The number of hydrogen-bond donors (Lipinski definition) is 1. The fraction of sp³-hybridized carbons (Fsp3) is 0.632. The first kappa shape index (κ1) is 17.9. The lowest BCUT2D eigenvalue weighted by atomic mass is 9.93. The Balaban J connectivity index is 1.79. The molecule has 1 N–H and O–H groups in total. The third-order valence-corrected chi connectivity index (χ3v) is 4.84. The molecule has 0 saturated carbocycles. The van der Waals surface area contributed by atoms with Gasteiger partial charge in [0.05, 0.1) is 17.0 Å². The molecule has 1 fully saturated rings. The van der Waals surface area contributed by atoms with E-state index in [0.29, 0.717) is 12.1 Å². The van der Waals surface area contributed by atoms with E-state index in [1.54, 1.807) is 6.20 Å². The summed E-state index contributed by atoms with van der Waals surface area (Å²) in [6, 6.07) is 2.01. The molecule has 1 aliphatic heterocycles. The van der Waals surface area contributed by atoms with Gasteiger partial charge in [-0.3, -0.25) is 4.79 Å². The number of aromatic nitrogens is 3. The van der Waals surface area contributed by atoms with Crippen LogP contribution < -0.4 is 5.32 Å². The average molecular weight is 343 g/mol. The monoisotopic (exact) mass is 343 g/mol. The van der Waals surface area contributed by atoms with Crippen LogP contribution in [0.4, 0.5) is 0 Å². The second kappa shape index (κ2) is 7.12. The molecule has 3 rings (SSSR count). The molecule has 0 atom stereocenters. The van der Waals surface area contributed by atoms with E-state index in [9.17, 15) is 4.79 Å². The maximum absolute atomic E-state index is 12.6. The van der Waals surface area contributed by atoms with Crippen LogP contribution in [0.1, 0.15) is 62.3 Å². The van der Waals surface area contributed by atoms with Crippen molar-refractivity contribution < 1.29 is 4.79 Å². The number of carbonyl (C=O) groups is 1. The van der Waals surface area contributed by atoms with Crippen molar-refractivity contribution in [3.63, 3.8) is 0 Å². The van der Waals surface area contributed by atoms with Gasteiger partial charge in [0.25, 0.3) is 5.91 Å². The Kier molecular flexibility index (Phi) is 5.08. The maximum atomic E-state index is 12.6. The summed E-state index contributed by atoms with van der Waals surface area (Å²) in [5.74, 6) is -0.0572. The van der Waals surface area contributed by atoms with Crippen molar-refractivity contribution in [2.24, 2.45) is 0 Å². The summed E-state index contributed by atoms with van der Waals surface area (Å²) in [6.07, 6.45) is 4.96. The van der Waals surface area contributed by atoms with Gasteiger partial charge in [0.2, 0.25) is 0 Å². The predicted octanol–water partition coefficient (Wildman–Crippen LogP) is 2.41. The highest BCUT2D eigenvalue weighted by molar-refractivity contribution is 5.95. The molecule has 25 heavy (non-hydrogen) atoms. The summed E-state index contributed by atoms with van der Waals surface area (Å²) >= 11 is 0. The molecule has 0 unspecified atom stereocenters. The quantitative estimate of drug-likeness (QED) is 0.906. The van der Waals surface area contributed by atoms with E-state index >= 15 is 0 Å². The van der Waals surface area contributed by atoms with Gasteiger partial charge in [0, 0.05) is 30.8 Å². The molecule has 2 aromatic rings. The van der Waals surface area contributed by atoms with Crippen LogP contribution in [0.25, 0.3) is 5.65 Å².